The van der Waals surface area contributed by atoms with Gasteiger partial charge in [-0.1, -0.05) is 4.99 Å². The standard InChI is InChI=1S/C13H23N4O3P/c1-8-16-13(14)15-7-17(8)12-11(19)10(18)9(20-12)5-6-21(2,3)4/h7,9-12,18-19H,1-2,5-6H2,3-4H3,(H2,14,16)/p+1/t9-,10-,11-,12?/m1/s1. The van der Waals surface area contributed by atoms with Crippen LogP contribution in [0.15, 0.2) is 17.4 Å². The van der Waals surface area contributed by atoms with E-state index in [-0.39, 0.29) is 5.96 Å². The van der Waals surface area contributed by atoms with Gasteiger partial charge < -0.3 is 20.7 Å². The molecular weight excluding hydrogens is 291 g/mol. The number of guanidine groups is 1. The van der Waals surface area contributed by atoms with Gasteiger partial charge in [0.2, 0.25) is 18.4 Å². The van der Waals surface area contributed by atoms with Crippen LogP contribution < -0.4 is 11.1 Å². The average Bonchev–Trinajstić information content (AvgIpc) is 2.64. The summed E-state index contributed by atoms with van der Waals surface area (Å²) in [5.74, 6) is 0.675. The quantitative estimate of drug-likeness (QED) is 0.392. The molecule has 1 saturated heterocycles. The monoisotopic (exact) mass is 315 g/mol. The third-order valence-electron chi connectivity index (χ3n) is 3.54. The zero-order chi connectivity index (χ0) is 15.8. The van der Waals surface area contributed by atoms with E-state index in [4.69, 9.17) is 10.5 Å². The number of nitrogens with one attached hydrogen (secondary N) is 1. The van der Waals surface area contributed by atoms with Crippen LogP contribution in [0.1, 0.15) is 6.42 Å². The number of hydrogen-bond acceptors (Lipinski definition) is 6. The van der Waals surface area contributed by atoms with Crippen molar-refractivity contribution in [3.05, 3.63) is 12.4 Å². The molecule has 1 unspecified atom stereocenters. The van der Waals surface area contributed by atoms with E-state index in [0.29, 0.717) is 12.2 Å². The van der Waals surface area contributed by atoms with E-state index >= 15 is 0 Å². The Morgan fingerprint density at radius 3 is 2.71 bits per heavy atom. The minimum atomic E-state index is -1.20. The van der Waals surface area contributed by atoms with Crippen LogP contribution in [0.5, 0.6) is 0 Å². The fourth-order valence-corrected chi connectivity index (χ4v) is 3.29. The maximum Gasteiger partial charge on any atom is 0.335 e. The molecule has 2 aliphatic heterocycles. The van der Waals surface area contributed by atoms with E-state index in [9.17, 15) is 10.2 Å². The Bertz CT molecular complexity index is 540. The summed E-state index contributed by atoms with van der Waals surface area (Å²) in [6.45, 7) is 6.86. The normalized spacial score (nSPS) is 33.4. The van der Waals surface area contributed by atoms with Crippen LogP contribution in [-0.2, 0) is 4.74 Å². The van der Waals surface area contributed by atoms with Gasteiger partial charge in [-0.05, 0) is 32.5 Å². The zero-order valence-electron chi connectivity index (χ0n) is 12.4. The van der Waals surface area contributed by atoms with Gasteiger partial charge in [-0.2, -0.15) is 0 Å². The molecule has 1 fully saturated rings. The first-order valence-corrected chi connectivity index (χ1v) is 9.84. The molecule has 0 aromatic carbocycles. The van der Waals surface area contributed by atoms with E-state index in [2.05, 4.69) is 36.5 Å². The van der Waals surface area contributed by atoms with Gasteiger partial charge in [-0.3, -0.25) is 0 Å². The average molecular weight is 315 g/mol. The maximum atomic E-state index is 10.2. The van der Waals surface area contributed by atoms with Crippen LogP contribution in [-0.4, -0.2) is 77.4 Å². The van der Waals surface area contributed by atoms with Crippen molar-refractivity contribution >= 4 is 25.5 Å². The highest BCUT2D eigenvalue weighted by Gasteiger charge is 2.46. The molecule has 0 aromatic heterocycles. The first-order valence-electron chi connectivity index (χ1n) is 6.79. The van der Waals surface area contributed by atoms with Gasteiger partial charge in [-0.15, -0.1) is 13.2 Å². The molecular formula is C13H24N4O3P+. The molecule has 7 nitrogen and oxygen atoms in total. The van der Waals surface area contributed by atoms with Crippen LogP contribution >= 0.6 is 6.89 Å². The molecule has 0 aliphatic carbocycles. The van der Waals surface area contributed by atoms with Crippen molar-refractivity contribution in [3.63, 3.8) is 0 Å². The van der Waals surface area contributed by atoms with E-state index in [1.54, 1.807) is 0 Å². The number of nitrogens with two attached hydrogens (primary N) is 1. The number of aliphatic hydroxyl groups excluding tert-OH is 2. The molecule has 0 radical (unpaired) electrons. The molecule has 118 valence electrons. The summed E-state index contributed by atoms with van der Waals surface area (Å²) in [4.78, 5) is 3.92. The predicted molar refractivity (Wildman–Crippen MR) is 86.3 cm³/mol. The largest absolute Gasteiger partial charge is 0.387 e. The summed E-state index contributed by atoms with van der Waals surface area (Å²) in [5, 5.41) is 23.1. The van der Waals surface area contributed by atoms with Crippen molar-refractivity contribution in [1.82, 2.24) is 5.32 Å². The van der Waals surface area contributed by atoms with Gasteiger partial charge in [0.15, 0.2) is 0 Å². The number of nitrogens with zero attached hydrogens (tertiary/aromatic N) is 2. The number of aliphatic imine (C=N–C) groups is 1. The van der Waals surface area contributed by atoms with Gasteiger partial charge >= 0.3 is 5.96 Å². The second-order valence-electron chi connectivity index (χ2n) is 6.10. The number of hydrogen-bond donors (Lipinski definition) is 4. The van der Waals surface area contributed by atoms with Crippen molar-refractivity contribution in [2.24, 2.45) is 10.7 Å². The Morgan fingerprint density at radius 2 is 2.14 bits per heavy atom. The van der Waals surface area contributed by atoms with Crippen molar-refractivity contribution in [1.29, 1.82) is 0 Å². The third kappa shape index (κ3) is 3.74. The molecule has 2 rings (SSSR count). The van der Waals surface area contributed by atoms with Gasteiger partial charge in [-0.25, -0.2) is 9.89 Å². The molecule has 8 heteroatoms. The summed E-state index contributed by atoms with van der Waals surface area (Å²) in [6, 6.07) is 0. The number of rotatable bonds is 4. The third-order valence-corrected chi connectivity index (χ3v) is 5.00. The summed E-state index contributed by atoms with van der Waals surface area (Å²) < 4.78 is 7.34. The number of aliphatic hydroxyl groups is 2. The minimum absolute atomic E-state index is 0.226. The Kier molecular flexibility index (Phi) is 4.58. The van der Waals surface area contributed by atoms with Crippen LogP contribution in [0, 0.1) is 0 Å². The van der Waals surface area contributed by atoms with Crippen LogP contribution in [0.2, 0.25) is 0 Å². The molecule has 0 aromatic rings. The first kappa shape index (κ1) is 16.2. The Labute approximate surface area is 124 Å². The molecule has 0 spiro atoms. The molecule has 2 aliphatic rings. The van der Waals surface area contributed by atoms with Crippen LogP contribution in [0.4, 0.5) is 0 Å². The second-order valence-corrected chi connectivity index (χ2v) is 10.4. The Morgan fingerprint density at radius 1 is 1.48 bits per heavy atom. The van der Waals surface area contributed by atoms with E-state index < -0.39 is 31.4 Å². The molecule has 5 N–H and O–H groups in total. The molecule has 2 heterocycles. The van der Waals surface area contributed by atoms with E-state index in [1.165, 1.54) is 10.9 Å². The van der Waals surface area contributed by atoms with Gasteiger partial charge in [0.05, 0.1) is 6.10 Å². The molecule has 0 saturated carbocycles. The lowest BCUT2D eigenvalue weighted by molar-refractivity contribution is -0.578. The van der Waals surface area contributed by atoms with Crippen molar-refractivity contribution in [2.45, 2.75) is 31.0 Å². The summed E-state index contributed by atoms with van der Waals surface area (Å²) in [7, 11) is 0. The van der Waals surface area contributed by atoms with Crippen LogP contribution in [0.3, 0.4) is 0 Å². The molecule has 4 atom stereocenters. The zero-order valence-corrected chi connectivity index (χ0v) is 13.3. The lowest BCUT2D eigenvalue weighted by Crippen LogP contribution is -2.46. The van der Waals surface area contributed by atoms with Crippen molar-refractivity contribution in [2.75, 3.05) is 19.5 Å². The Balaban J connectivity index is 2.10. The summed E-state index contributed by atoms with van der Waals surface area (Å²) in [5.41, 5.74) is 5.54. The topological polar surface area (TPSA) is 103 Å². The van der Waals surface area contributed by atoms with E-state index in [0.717, 1.165) is 6.16 Å². The predicted octanol–water partition coefficient (Wildman–Crippen LogP) is -1.04. The van der Waals surface area contributed by atoms with Gasteiger partial charge in [0.25, 0.3) is 0 Å². The number of ether oxygens (including phenoxy) is 1. The van der Waals surface area contributed by atoms with Gasteiger partial charge in [0, 0.05) is 0 Å². The Hall–Kier alpha value is -1.14. The van der Waals surface area contributed by atoms with Crippen molar-refractivity contribution in [3.8, 4) is 0 Å². The second kappa shape index (κ2) is 5.93. The van der Waals surface area contributed by atoms with E-state index in [1.807, 2.05) is 0 Å². The highest BCUT2D eigenvalue weighted by Crippen LogP contribution is 2.38. The fraction of sp³-hybridized carbons (Fsp3) is 0.615. The highest BCUT2D eigenvalue weighted by molar-refractivity contribution is 7.72. The summed E-state index contributed by atoms with van der Waals surface area (Å²) in [6.07, 6.45) is 4.01. The molecule has 21 heavy (non-hydrogen) atoms. The van der Waals surface area contributed by atoms with Crippen LogP contribution in [0.25, 0.3) is 0 Å². The van der Waals surface area contributed by atoms with Crippen molar-refractivity contribution < 1.29 is 19.5 Å². The highest BCUT2D eigenvalue weighted by atomic mass is 31.2. The maximum absolute atomic E-state index is 10.2. The lowest BCUT2D eigenvalue weighted by atomic mass is 10.1. The summed E-state index contributed by atoms with van der Waals surface area (Å²) >= 11 is 0. The van der Waals surface area contributed by atoms with Gasteiger partial charge in [0.1, 0.15) is 12.2 Å². The molecule has 0 amide bonds. The molecule has 0 bridgehead atoms. The minimum Gasteiger partial charge on any atom is -0.387 e. The fourth-order valence-electron chi connectivity index (χ4n) is 2.33. The lowest BCUT2D eigenvalue weighted by Gasteiger charge is -2.20. The SMILES string of the molecule is C=C1NC(N)=NC=[N+]1C1O[C@H](CCP(=C)(C)C)[C@@H](O)[C@H]1O. The first-order chi connectivity index (χ1) is 9.69. The smallest absolute Gasteiger partial charge is 0.335 e.